The average Bonchev–Trinajstić information content (AvgIpc) is 1.64. The van der Waals surface area contributed by atoms with Crippen LogP contribution in [0.1, 0.15) is 6.42 Å². The summed E-state index contributed by atoms with van der Waals surface area (Å²) in [5.74, 6) is -0.355. The molecule has 42 valence electrons. The predicted molar refractivity (Wildman–Crippen MR) is 26.9 cm³/mol. The lowest BCUT2D eigenvalue weighted by Crippen LogP contribution is -2.24. The first-order chi connectivity index (χ1) is 3.79. The number of hydrogen-bond acceptors (Lipinski definition) is 2. The molecule has 8 heavy (non-hydrogen) atoms. The summed E-state index contributed by atoms with van der Waals surface area (Å²) in [6.45, 7) is 0. The Morgan fingerprint density at radius 1 is 1.75 bits per heavy atom. The summed E-state index contributed by atoms with van der Waals surface area (Å²) < 4.78 is 0. The number of hydrogen-bond donors (Lipinski definition) is 1. The van der Waals surface area contributed by atoms with Gasteiger partial charge in [-0.15, -0.1) is 0 Å². The molecule has 1 N–H and O–H groups in total. The largest absolute Gasteiger partial charge is 0.332 e. The highest BCUT2D eigenvalue weighted by molar-refractivity contribution is 6.06. The maximum absolute atomic E-state index is 10.3. The Balaban J connectivity index is 2.68. The van der Waals surface area contributed by atoms with Crippen LogP contribution in [-0.4, -0.2) is 11.7 Å². The Morgan fingerprint density at radius 2 is 2.50 bits per heavy atom. The number of carbonyl (C=O) groups is 2. The second-order valence-corrected chi connectivity index (χ2v) is 1.54. The van der Waals surface area contributed by atoms with Gasteiger partial charge in [0.1, 0.15) is 0 Å². The van der Waals surface area contributed by atoms with Crippen LogP contribution in [0, 0.1) is 0 Å². The van der Waals surface area contributed by atoms with Gasteiger partial charge in [0, 0.05) is 6.20 Å². The minimum absolute atomic E-state index is 0.00347. The number of amides is 1. The number of nitrogens with one attached hydrogen (secondary N) is 1. The Bertz CT molecular complexity index is 160. The first kappa shape index (κ1) is 5.03. The summed E-state index contributed by atoms with van der Waals surface area (Å²) in [6, 6.07) is 0. The molecule has 3 heteroatoms. The molecule has 0 saturated heterocycles. The van der Waals surface area contributed by atoms with E-state index in [9.17, 15) is 9.59 Å². The summed E-state index contributed by atoms with van der Waals surface area (Å²) in [4.78, 5) is 20.6. The van der Waals surface area contributed by atoms with Gasteiger partial charge in [0.2, 0.25) is 5.91 Å². The van der Waals surface area contributed by atoms with E-state index in [0.29, 0.717) is 0 Å². The van der Waals surface area contributed by atoms with Gasteiger partial charge in [0.25, 0.3) is 0 Å². The lowest BCUT2D eigenvalue weighted by Gasteiger charge is -2.00. The molecule has 0 spiro atoms. The Hall–Kier alpha value is -1.12. The van der Waals surface area contributed by atoms with E-state index in [1.165, 1.54) is 12.3 Å². The summed E-state index contributed by atoms with van der Waals surface area (Å²) >= 11 is 0. The van der Waals surface area contributed by atoms with Crippen molar-refractivity contribution in [2.24, 2.45) is 0 Å². The molecule has 0 saturated carbocycles. The second-order valence-electron chi connectivity index (χ2n) is 1.54. The van der Waals surface area contributed by atoms with E-state index in [2.05, 4.69) is 5.32 Å². The zero-order valence-corrected chi connectivity index (χ0v) is 4.18. The van der Waals surface area contributed by atoms with Crippen molar-refractivity contribution in [3.63, 3.8) is 0 Å². The van der Waals surface area contributed by atoms with Crippen LogP contribution in [-0.2, 0) is 9.59 Å². The van der Waals surface area contributed by atoms with E-state index in [-0.39, 0.29) is 18.1 Å². The monoisotopic (exact) mass is 113 g/mol. The quantitative estimate of drug-likeness (QED) is 0.434. The standard InChI is InChI=1S/C5H5NO2/c7-4-1-2-6-5(8)3-4/h1-2H,3H2,(H,6,8)/i5+2. The third-order valence-corrected chi connectivity index (χ3v) is 0.848. The number of allylic oxidation sites excluding steroid dienone is 1. The van der Waals surface area contributed by atoms with Gasteiger partial charge in [-0.3, -0.25) is 9.59 Å². The molecule has 0 unspecified atom stereocenters. The first-order valence-electron chi connectivity index (χ1n) is 2.28. The molecule has 0 fully saturated rings. The van der Waals surface area contributed by atoms with E-state index >= 15 is 0 Å². The summed E-state index contributed by atoms with van der Waals surface area (Å²) in [6.07, 6.45) is 2.70. The van der Waals surface area contributed by atoms with Crippen LogP contribution >= 0.6 is 0 Å². The van der Waals surface area contributed by atoms with Crippen molar-refractivity contribution < 1.29 is 9.59 Å². The van der Waals surface area contributed by atoms with Gasteiger partial charge in [-0.25, -0.2) is 0 Å². The van der Waals surface area contributed by atoms with Gasteiger partial charge in [0.15, 0.2) is 5.78 Å². The maximum atomic E-state index is 10.3. The highest BCUT2D eigenvalue weighted by atomic mass is 16.3. The fraction of sp³-hybridized carbons (Fsp3) is 0.200. The van der Waals surface area contributed by atoms with Crippen LogP contribution in [0.25, 0.3) is 0 Å². The minimum Gasteiger partial charge on any atom is -0.332 e. The normalized spacial score (nSPS) is 18.5. The van der Waals surface area contributed by atoms with E-state index < -0.39 is 0 Å². The molecule has 0 aromatic rings. The topological polar surface area (TPSA) is 46.2 Å². The van der Waals surface area contributed by atoms with Crippen LogP contribution in [0.15, 0.2) is 12.3 Å². The lowest BCUT2D eigenvalue weighted by molar-refractivity contribution is -0.126. The molecule has 0 aromatic carbocycles. The molecule has 1 aliphatic heterocycles. The van der Waals surface area contributed by atoms with Crippen LogP contribution in [0.3, 0.4) is 0 Å². The third-order valence-electron chi connectivity index (χ3n) is 0.848. The Labute approximate surface area is 46.4 Å². The molecular weight excluding hydrogens is 108 g/mol. The molecule has 0 bridgehead atoms. The van der Waals surface area contributed by atoms with Gasteiger partial charge >= 0.3 is 0 Å². The second kappa shape index (κ2) is 1.78. The third kappa shape index (κ3) is 0.932. The Kier molecular flexibility index (Phi) is 1.12. The van der Waals surface area contributed by atoms with Crippen molar-refractivity contribution in [3.8, 4) is 0 Å². The number of ketones is 1. The molecule has 1 rings (SSSR count). The minimum atomic E-state index is -0.225. The molecule has 0 aromatic heterocycles. The SMILES string of the molecule is O=C1C=CN[14C](=O)C1. The van der Waals surface area contributed by atoms with Crippen LogP contribution < -0.4 is 5.32 Å². The van der Waals surface area contributed by atoms with E-state index in [0.717, 1.165) is 0 Å². The van der Waals surface area contributed by atoms with Crippen molar-refractivity contribution in [3.05, 3.63) is 12.3 Å². The van der Waals surface area contributed by atoms with Crippen molar-refractivity contribution in [2.75, 3.05) is 0 Å². The molecule has 0 aliphatic carbocycles. The fourth-order valence-corrected chi connectivity index (χ4v) is 0.496. The van der Waals surface area contributed by atoms with Crippen LogP contribution in [0.2, 0.25) is 0 Å². The van der Waals surface area contributed by atoms with Crippen molar-refractivity contribution in [1.29, 1.82) is 0 Å². The fourth-order valence-electron chi connectivity index (χ4n) is 0.496. The van der Waals surface area contributed by atoms with Gasteiger partial charge in [-0.1, -0.05) is 0 Å². The predicted octanol–water partition coefficient (Wildman–Crippen LogP) is -0.411. The maximum Gasteiger partial charge on any atom is 0.231 e. The van der Waals surface area contributed by atoms with Crippen molar-refractivity contribution >= 4 is 11.7 Å². The molecule has 1 heterocycles. The highest BCUT2D eigenvalue weighted by Crippen LogP contribution is 1.90. The molecule has 1 amide bonds. The summed E-state index contributed by atoms with van der Waals surface area (Å²) in [5.41, 5.74) is 0. The summed E-state index contributed by atoms with van der Waals surface area (Å²) in [7, 11) is 0. The number of carbonyl (C=O) groups excluding carboxylic acids is 2. The van der Waals surface area contributed by atoms with E-state index in [4.69, 9.17) is 0 Å². The van der Waals surface area contributed by atoms with Gasteiger partial charge in [-0.05, 0) is 6.08 Å². The van der Waals surface area contributed by atoms with Gasteiger partial charge in [0.05, 0.1) is 6.42 Å². The van der Waals surface area contributed by atoms with Gasteiger partial charge in [-0.2, -0.15) is 0 Å². The number of rotatable bonds is 0. The Morgan fingerprint density at radius 3 is 2.88 bits per heavy atom. The van der Waals surface area contributed by atoms with Crippen LogP contribution in [0.4, 0.5) is 0 Å². The van der Waals surface area contributed by atoms with Crippen LogP contribution in [0.5, 0.6) is 0 Å². The van der Waals surface area contributed by atoms with Crippen molar-refractivity contribution in [2.45, 2.75) is 6.42 Å². The highest BCUT2D eigenvalue weighted by Gasteiger charge is 2.08. The zero-order valence-electron chi connectivity index (χ0n) is 4.18. The zero-order chi connectivity index (χ0) is 5.98. The molecule has 0 atom stereocenters. The summed E-state index contributed by atoms with van der Waals surface area (Å²) in [5, 5.41) is 2.37. The van der Waals surface area contributed by atoms with Gasteiger partial charge < -0.3 is 5.32 Å². The first-order valence-corrected chi connectivity index (χ1v) is 2.28. The van der Waals surface area contributed by atoms with E-state index in [1.807, 2.05) is 0 Å². The lowest BCUT2D eigenvalue weighted by atomic mass is 10.4. The molecule has 3 nitrogen and oxygen atoms in total. The molecule has 0 radical (unpaired) electrons. The molecule has 1 aliphatic rings. The van der Waals surface area contributed by atoms with Crippen molar-refractivity contribution in [1.82, 2.24) is 5.32 Å². The molecular formula is C5H5NO2. The van der Waals surface area contributed by atoms with E-state index in [1.54, 1.807) is 0 Å². The average molecular weight is 113 g/mol. The smallest absolute Gasteiger partial charge is 0.231 e.